The Morgan fingerprint density at radius 2 is 2.00 bits per heavy atom. The average Bonchev–Trinajstić information content (AvgIpc) is 2.28. The van der Waals surface area contributed by atoms with Crippen LogP contribution in [0.4, 0.5) is 0 Å². The van der Waals surface area contributed by atoms with Crippen molar-refractivity contribution in [1.29, 1.82) is 0 Å². The van der Waals surface area contributed by atoms with Gasteiger partial charge in [0.2, 0.25) is 6.08 Å². The number of carbonyl (C=O) groups excluding carboxylic acids is 2. The Kier molecular flexibility index (Phi) is 4.15. The predicted octanol–water partition coefficient (Wildman–Crippen LogP) is 1.31. The maximum Gasteiger partial charge on any atom is 0.238 e. The average molecular weight is 235 g/mol. The van der Waals surface area contributed by atoms with Gasteiger partial charge < -0.3 is 9.84 Å². The summed E-state index contributed by atoms with van der Waals surface area (Å²) in [5.74, 6) is 0.117. The van der Waals surface area contributed by atoms with Gasteiger partial charge in [-0.2, -0.15) is 4.99 Å². The van der Waals surface area contributed by atoms with E-state index in [9.17, 15) is 14.7 Å². The Morgan fingerprint density at radius 1 is 1.41 bits per heavy atom. The van der Waals surface area contributed by atoms with Crippen molar-refractivity contribution in [3.63, 3.8) is 0 Å². The lowest BCUT2D eigenvalue weighted by Crippen LogP contribution is -2.30. The lowest BCUT2D eigenvalue weighted by molar-refractivity contribution is 0.0488. The quantitative estimate of drug-likeness (QED) is 0.474. The second-order valence-corrected chi connectivity index (χ2v) is 3.94. The third-order valence-electron chi connectivity index (χ3n) is 2.03. The predicted molar refractivity (Wildman–Crippen MR) is 60.7 cm³/mol. The van der Waals surface area contributed by atoms with Gasteiger partial charge in [0.25, 0.3) is 0 Å². The van der Waals surface area contributed by atoms with Crippen molar-refractivity contribution in [1.82, 2.24) is 0 Å². The zero-order valence-corrected chi connectivity index (χ0v) is 9.64. The smallest absolute Gasteiger partial charge is 0.238 e. The fourth-order valence-corrected chi connectivity index (χ4v) is 1.19. The molecule has 0 bridgehead atoms. The minimum atomic E-state index is -1.40. The fraction of sp³-hybridized carbons (Fsp3) is 0.333. The molecule has 5 heteroatoms. The van der Waals surface area contributed by atoms with E-state index in [0.717, 1.165) is 0 Å². The van der Waals surface area contributed by atoms with Gasteiger partial charge in [-0.15, -0.1) is 0 Å². The number of hydrogen-bond acceptors (Lipinski definition) is 5. The Bertz CT molecular complexity index is 439. The monoisotopic (exact) mass is 235 g/mol. The number of ether oxygens (including phenoxy) is 1. The van der Waals surface area contributed by atoms with Crippen LogP contribution >= 0.6 is 0 Å². The number of carbonyl (C=O) groups is 1. The van der Waals surface area contributed by atoms with Crippen molar-refractivity contribution >= 4 is 11.9 Å². The van der Waals surface area contributed by atoms with Crippen LogP contribution in [-0.2, 0) is 4.79 Å². The lowest BCUT2D eigenvalue weighted by atomic mass is 9.97. The van der Waals surface area contributed by atoms with Gasteiger partial charge in [0, 0.05) is 5.56 Å². The summed E-state index contributed by atoms with van der Waals surface area (Å²) in [4.78, 5) is 24.7. The van der Waals surface area contributed by atoms with E-state index in [-0.39, 0.29) is 12.5 Å². The fourth-order valence-electron chi connectivity index (χ4n) is 1.19. The molecule has 0 heterocycles. The summed E-state index contributed by atoms with van der Waals surface area (Å²) in [6.45, 7) is 2.75. The molecular formula is C12H13NO4. The molecule has 0 unspecified atom stereocenters. The molecule has 1 aromatic rings. The lowest BCUT2D eigenvalue weighted by Gasteiger charge is -2.15. The number of Topliss-reactive ketones (excluding diaryl/α,β-unsaturated/α-hetero) is 1. The number of isocyanates is 1. The molecule has 0 atom stereocenters. The third-order valence-corrected chi connectivity index (χ3v) is 2.03. The van der Waals surface area contributed by atoms with Gasteiger partial charge in [0.15, 0.2) is 12.5 Å². The number of aliphatic hydroxyl groups is 1. The van der Waals surface area contributed by atoms with Gasteiger partial charge in [-0.3, -0.25) is 4.79 Å². The molecule has 90 valence electrons. The van der Waals surface area contributed by atoms with Crippen molar-refractivity contribution < 1.29 is 19.4 Å². The first-order valence-electron chi connectivity index (χ1n) is 4.99. The van der Waals surface area contributed by atoms with E-state index in [0.29, 0.717) is 11.3 Å². The van der Waals surface area contributed by atoms with Gasteiger partial charge >= 0.3 is 0 Å². The topological polar surface area (TPSA) is 76.0 Å². The summed E-state index contributed by atoms with van der Waals surface area (Å²) in [6.07, 6.45) is 1.35. The van der Waals surface area contributed by atoms with E-state index >= 15 is 0 Å². The van der Waals surface area contributed by atoms with E-state index < -0.39 is 5.60 Å². The number of hydrogen-bond donors (Lipinski definition) is 1. The van der Waals surface area contributed by atoms with Crippen LogP contribution in [0.1, 0.15) is 24.2 Å². The molecule has 1 rings (SSSR count). The molecule has 0 aromatic heterocycles. The maximum atomic E-state index is 11.7. The van der Waals surface area contributed by atoms with Crippen LogP contribution in [0.25, 0.3) is 0 Å². The molecule has 0 saturated carbocycles. The highest BCUT2D eigenvalue weighted by Gasteiger charge is 2.24. The van der Waals surface area contributed by atoms with E-state index in [2.05, 4.69) is 4.99 Å². The largest absolute Gasteiger partial charge is 0.471 e. The second kappa shape index (κ2) is 5.39. The molecule has 0 spiro atoms. The van der Waals surface area contributed by atoms with Crippen LogP contribution in [0.5, 0.6) is 5.75 Å². The molecule has 0 aliphatic heterocycles. The molecular weight excluding hydrogens is 222 g/mol. The highest BCUT2D eigenvalue weighted by atomic mass is 16.5. The summed E-state index contributed by atoms with van der Waals surface area (Å²) in [5, 5.41) is 9.54. The SMILES string of the molecule is CC(C)(O)C(=O)c1ccc(OCN=C=O)cc1. The molecule has 0 fully saturated rings. The molecule has 0 aliphatic rings. The molecule has 0 saturated heterocycles. The van der Waals surface area contributed by atoms with Crippen molar-refractivity contribution in [2.24, 2.45) is 4.99 Å². The first kappa shape index (κ1) is 13.1. The molecule has 1 aromatic carbocycles. The third kappa shape index (κ3) is 3.83. The summed E-state index contributed by atoms with van der Waals surface area (Å²) in [6, 6.07) is 6.22. The summed E-state index contributed by atoms with van der Waals surface area (Å²) < 4.78 is 5.06. The van der Waals surface area contributed by atoms with Crippen LogP contribution in [0.15, 0.2) is 29.3 Å². The van der Waals surface area contributed by atoms with Gasteiger partial charge in [-0.25, -0.2) is 4.79 Å². The van der Waals surface area contributed by atoms with Crippen LogP contribution in [0.2, 0.25) is 0 Å². The minimum Gasteiger partial charge on any atom is -0.471 e. The highest BCUT2D eigenvalue weighted by molar-refractivity contribution is 6.01. The van der Waals surface area contributed by atoms with Crippen LogP contribution in [0.3, 0.4) is 0 Å². The second-order valence-electron chi connectivity index (χ2n) is 3.94. The van der Waals surface area contributed by atoms with E-state index in [1.54, 1.807) is 24.3 Å². The van der Waals surface area contributed by atoms with Gasteiger partial charge in [-0.1, -0.05) is 0 Å². The molecule has 0 amide bonds. The highest BCUT2D eigenvalue weighted by Crippen LogP contribution is 2.16. The standard InChI is InChI=1S/C12H13NO4/c1-12(2,16)11(15)9-3-5-10(6-4-9)17-8-13-7-14/h3-6,16H,8H2,1-2H3. The summed E-state index contributed by atoms with van der Waals surface area (Å²) in [5.41, 5.74) is -1.01. The van der Waals surface area contributed by atoms with Crippen molar-refractivity contribution in [3.05, 3.63) is 29.8 Å². The molecule has 0 radical (unpaired) electrons. The molecule has 0 aliphatic carbocycles. The summed E-state index contributed by atoms with van der Waals surface area (Å²) >= 11 is 0. The molecule has 1 N–H and O–H groups in total. The van der Waals surface area contributed by atoms with Gasteiger partial charge in [0.1, 0.15) is 11.4 Å². The number of rotatable bonds is 5. The van der Waals surface area contributed by atoms with Crippen molar-refractivity contribution in [2.45, 2.75) is 19.4 Å². The van der Waals surface area contributed by atoms with Crippen LogP contribution in [0, 0.1) is 0 Å². The summed E-state index contributed by atoms with van der Waals surface area (Å²) in [7, 11) is 0. The zero-order chi connectivity index (χ0) is 12.9. The van der Waals surface area contributed by atoms with Crippen molar-refractivity contribution in [3.8, 4) is 5.75 Å². The zero-order valence-electron chi connectivity index (χ0n) is 9.64. The Balaban J connectivity index is 2.74. The Hall–Kier alpha value is -1.97. The van der Waals surface area contributed by atoms with Crippen molar-refractivity contribution in [2.75, 3.05) is 6.73 Å². The van der Waals surface area contributed by atoms with E-state index in [4.69, 9.17) is 4.74 Å². The minimum absolute atomic E-state index is 0.109. The van der Waals surface area contributed by atoms with Crippen LogP contribution in [-0.4, -0.2) is 29.3 Å². The van der Waals surface area contributed by atoms with E-state index in [1.807, 2.05) is 0 Å². The van der Waals surface area contributed by atoms with Gasteiger partial charge in [-0.05, 0) is 38.1 Å². The maximum absolute atomic E-state index is 11.7. The Morgan fingerprint density at radius 3 is 2.47 bits per heavy atom. The first-order valence-corrected chi connectivity index (χ1v) is 4.99. The van der Waals surface area contributed by atoms with Gasteiger partial charge in [0.05, 0.1) is 0 Å². The first-order chi connectivity index (χ1) is 7.95. The number of benzene rings is 1. The van der Waals surface area contributed by atoms with Crippen LogP contribution < -0.4 is 4.74 Å². The number of ketones is 1. The normalized spacial score (nSPS) is 10.5. The molecule has 5 nitrogen and oxygen atoms in total. The molecule has 17 heavy (non-hydrogen) atoms. The number of aliphatic imine (C=N–C) groups is 1. The number of nitrogens with zero attached hydrogens (tertiary/aromatic N) is 1. The van der Waals surface area contributed by atoms with E-state index in [1.165, 1.54) is 19.9 Å². The Labute approximate surface area is 98.7 Å².